The van der Waals surface area contributed by atoms with Crippen LogP contribution in [0.2, 0.25) is 0 Å². The molecule has 0 aliphatic heterocycles. The number of methoxy groups -OCH3 is 1. The van der Waals surface area contributed by atoms with Crippen molar-refractivity contribution in [3.05, 3.63) is 0 Å². The van der Waals surface area contributed by atoms with Gasteiger partial charge in [-0.05, 0) is 30.6 Å². The lowest BCUT2D eigenvalue weighted by atomic mass is 9.65. The summed E-state index contributed by atoms with van der Waals surface area (Å²) in [6.45, 7) is 7.09. The third kappa shape index (κ3) is 3.68. The van der Waals surface area contributed by atoms with Gasteiger partial charge in [-0.3, -0.25) is 0 Å². The van der Waals surface area contributed by atoms with Crippen LogP contribution in [-0.2, 0) is 14.3 Å². The monoisotopic (exact) mass is 244 g/mol. The molecule has 0 bridgehead atoms. The number of aliphatic carboxylic acids is 1. The van der Waals surface area contributed by atoms with E-state index >= 15 is 0 Å². The minimum Gasteiger partial charge on any atom is -0.479 e. The lowest BCUT2D eigenvalue weighted by molar-refractivity contribution is -0.182. The van der Waals surface area contributed by atoms with E-state index in [4.69, 9.17) is 9.47 Å². The van der Waals surface area contributed by atoms with Crippen LogP contribution in [0.25, 0.3) is 0 Å². The average Bonchev–Trinajstić information content (AvgIpc) is 2.14. The topological polar surface area (TPSA) is 55.8 Å². The molecule has 0 saturated heterocycles. The second-order valence-corrected chi connectivity index (χ2v) is 6.00. The van der Waals surface area contributed by atoms with Crippen LogP contribution < -0.4 is 0 Å². The number of carboxylic acids is 1. The molecule has 4 nitrogen and oxygen atoms in total. The van der Waals surface area contributed by atoms with Crippen LogP contribution in [0, 0.1) is 11.3 Å². The molecule has 1 aliphatic rings. The van der Waals surface area contributed by atoms with E-state index in [2.05, 4.69) is 20.8 Å². The molecule has 1 aliphatic carbocycles. The third-order valence-electron chi connectivity index (χ3n) is 3.40. The van der Waals surface area contributed by atoms with Gasteiger partial charge in [0.05, 0.1) is 13.2 Å². The van der Waals surface area contributed by atoms with Crippen LogP contribution in [0.4, 0.5) is 0 Å². The van der Waals surface area contributed by atoms with Crippen molar-refractivity contribution >= 4 is 5.97 Å². The van der Waals surface area contributed by atoms with E-state index in [1.54, 1.807) is 7.11 Å². The van der Waals surface area contributed by atoms with Gasteiger partial charge in [-0.25, -0.2) is 4.79 Å². The standard InChI is InChI=1S/C13H24O4/c1-10-7-12(2,3)9-13(8-10,11(14)15)17-6-5-16-4/h10H,5-9H2,1-4H3,(H,14,15). The van der Waals surface area contributed by atoms with Gasteiger partial charge >= 0.3 is 5.97 Å². The molecule has 0 amide bonds. The summed E-state index contributed by atoms with van der Waals surface area (Å²) in [6.07, 6.45) is 2.22. The third-order valence-corrected chi connectivity index (χ3v) is 3.40. The first kappa shape index (κ1) is 14.5. The van der Waals surface area contributed by atoms with Crippen LogP contribution in [0.3, 0.4) is 0 Å². The Morgan fingerprint density at radius 3 is 2.47 bits per heavy atom. The Labute approximate surface area is 103 Å². The number of hydrogen-bond acceptors (Lipinski definition) is 3. The zero-order valence-corrected chi connectivity index (χ0v) is 11.3. The van der Waals surface area contributed by atoms with Crippen molar-refractivity contribution in [2.45, 2.75) is 45.6 Å². The molecule has 0 aromatic rings. The number of carboxylic acid groups (broad SMARTS) is 1. The van der Waals surface area contributed by atoms with Crippen molar-refractivity contribution in [2.75, 3.05) is 20.3 Å². The van der Waals surface area contributed by atoms with Gasteiger partial charge in [-0.1, -0.05) is 20.8 Å². The highest BCUT2D eigenvalue weighted by molar-refractivity contribution is 5.77. The van der Waals surface area contributed by atoms with Gasteiger partial charge in [0.2, 0.25) is 0 Å². The molecule has 0 heterocycles. The molecule has 17 heavy (non-hydrogen) atoms. The SMILES string of the molecule is COCCOC1(C(=O)O)CC(C)CC(C)(C)C1. The van der Waals surface area contributed by atoms with Gasteiger partial charge in [0.25, 0.3) is 0 Å². The van der Waals surface area contributed by atoms with Crippen LogP contribution in [0.5, 0.6) is 0 Å². The fourth-order valence-corrected chi connectivity index (χ4v) is 3.15. The van der Waals surface area contributed by atoms with Crippen LogP contribution in [0.1, 0.15) is 40.0 Å². The van der Waals surface area contributed by atoms with Gasteiger partial charge < -0.3 is 14.6 Å². The Morgan fingerprint density at radius 2 is 2.00 bits per heavy atom. The number of hydrogen-bond donors (Lipinski definition) is 1. The average molecular weight is 244 g/mol. The van der Waals surface area contributed by atoms with Crippen molar-refractivity contribution in [1.29, 1.82) is 0 Å². The molecule has 1 rings (SSSR count). The molecule has 0 aromatic carbocycles. The van der Waals surface area contributed by atoms with Crippen LogP contribution in [-0.4, -0.2) is 37.0 Å². The summed E-state index contributed by atoms with van der Waals surface area (Å²) in [6, 6.07) is 0. The van der Waals surface area contributed by atoms with Crippen molar-refractivity contribution < 1.29 is 19.4 Å². The summed E-state index contributed by atoms with van der Waals surface area (Å²) in [4.78, 5) is 11.5. The molecule has 1 N–H and O–H groups in total. The number of rotatable bonds is 5. The molecule has 100 valence electrons. The highest BCUT2D eigenvalue weighted by Gasteiger charge is 2.49. The van der Waals surface area contributed by atoms with Crippen molar-refractivity contribution in [1.82, 2.24) is 0 Å². The van der Waals surface area contributed by atoms with E-state index < -0.39 is 11.6 Å². The summed E-state index contributed by atoms with van der Waals surface area (Å²) >= 11 is 0. The van der Waals surface area contributed by atoms with Gasteiger partial charge in [0.1, 0.15) is 0 Å². The summed E-state index contributed by atoms with van der Waals surface area (Å²) in [5.74, 6) is -0.467. The molecule has 0 aromatic heterocycles. The predicted octanol–water partition coefficient (Wildman–Crippen LogP) is 2.32. The van der Waals surface area contributed by atoms with Gasteiger partial charge in [0.15, 0.2) is 5.60 Å². The normalized spacial score (nSPS) is 32.4. The van der Waals surface area contributed by atoms with Gasteiger partial charge in [-0.15, -0.1) is 0 Å². The van der Waals surface area contributed by atoms with Crippen molar-refractivity contribution in [2.24, 2.45) is 11.3 Å². The van der Waals surface area contributed by atoms with Gasteiger partial charge in [0, 0.05) is 7.11 Å². The minimum atomic E-state index is -1.03. The van der Waals surface area contributed by atoms with E-state index in [0.717, 1.165) is 6.42 Å². The lowest BCUT2D eigenvalue weighted by Gasteiger charge is -2.44. The van der Waals surface area contributed by atoms with Crippen molar-refractivity contribution in [3.8, 4) is 0 Å². The zero-order chi connectivity index (χ0) is 13.1. The highest BCUT2D eigenvalue weighted by Crippen LogP contribution is 2.45. The summed E-state index contributed by atoms with van der Waals surface area (Å²) in [5, 5.41) is 9.47. The molecule has 0 spiro atoms. The second-order valence-electron chi connectivity index (χ2n) is 6.00. The van der Waals surface area contributed by atoms with Crippen molar-refractivity contribution in [3.63, 3.8) is 0 Å². The maximum atomic E-state index is 11.5. The Hall–Kier alpha value is -0.610. The Kier molecular flexibility index (Phi) is 4.55. The lowest BCUT2D eigenvalue weighted by Crippen LogP contribution is -2.50. The second kappa shape index (κ2) is 5.36. The van der Waals surface area contributed by atoms with E-state index in [0.29, 0.717) is 32.0 Å². The summed E-state index contributed by atoms with van der Waals surface area (Å²) in [5.41, 5.74) is -1.01. The maximum Gasteiger partial charge on any atom is 0.335 e. The minimum absolute atomic E-state index is 0.0170. The number of carbonyl (C=O) groups is 1. The Balaban J connectivity index is 2.79. The maximum absolute atomic E-state index is 11.5. The molecular weight excluding hydrogens is 220 g/mol. The fourth-order valence-electron chi connectivity index (χ4n) is 3.15. The van der Waals surface area contributed by atoms with E-state index in [1.807, 2.05) is 0 Å². The Bertz CT molecular complexity index is 275. The molecule has 1 fully saturated rings. The molecule has 1 saturated carbocycles. The molecular formula is C13H24O4. The molecule has 2 unspecified atom stereocenters. The quantitative estimate of drug-likeness (QED) is 0.754. The largest absolute Gasteiger partial charge is 0.479 e. The zero-order valence-electron chi connectivity index (χ0n) is 11.3. The first-order valence-electron chi connectivity index (χ1n) is 6.18. The predicted molar refractivity (Wildman–Crippen MR) is 65.0 cm³/mol. The number of ether oxygens (including phenoxy) is 2. The first-order valence-corrected chi connectivity index (χ1v) is 6.18. The van der Waals surface area contributed by atoms with Gasteiger partial charge in [-0.2, -0.15) is 0 Å². The molecule has 0 radical (unpaired) electrons. The van der Waals surface area contributed by atoms with Crippen LogP contribution >= 0.6 is 0 Å². The molecule has 4 heteroatoms. The van der Waals surface area contributed by atoms with Crippen LogP contribution in [0.15, 0.2) is 0 Å². The first-order chi connectivity index (χ1) is 7.81. The Morgan fingerprint density at radius 1 is 1.35 bits per heavy atom. The summed E-state index contributed by atoms with van der Waals surface area (Å²) < 4.78 is 10.6. The fraction of sp³-hybridized carbons (Fsp3) is 0.923. The summed E-state index contributed by atoms with van der Waals surface area (Å²) in [7, 11) is 1.59. The highest BCUT2D eigenvalue weighted by atomic mass is 16.5. The van der Waals surface area contributed by atoms with E-state index in [9.17, 15) is 9.90 Å². The smallest absolute Gasteiger partial charge is 0.335 e. The molecule has 2 atom stereocenters. The van der Waals surface area contributed by atoms with E-state index in [-0.39, 0.29) is 5.41 Å². The van der Waals surface area contributed by atoms with E-state index in [1.165, 1.54) is 0 Å².